The SMILES string of the molecule is CCCCCCCCCC(=O)NC(CCC(=O)N(C)CCNC(=O)c1nc(-c2ccccc2)oc1-c1ccccc1)C(=O)O. The van der Waals surface area contributed by atoms with Crippen molar-refractivity contribution >= 4 is 23.7 Å². The molecule has 0 spiro atoms. The lowest BCUT2D eigenvalue weighted by atomic mass is 10.1. The van der Waals surface area contributed by atoms with Crippen LogP contribution in [0.25, 0.3) is 22.8 Å². The Hall–Kier alpha value is -4.47. The van der Waals surface area contributed by atoms with Crippen LogP contribution in [-0.4, -0.2) is 64.9 Å². The number of likely N-dealkylation sites (N-methyl/N-ethyl adjacent to an activating group) is 1. The molecule has 3 N–H and O–H groups in total. The molecule has 0 bridgehead atoms. The zero-order valence-corrected chi connectivity index (χ0v) is 25.7. The van der Waals surface area contributed by atoms with E-state index < -0.39 is 17.9 Å². The number of carboxylic acid groups (broad SMARTS) is 1. The Morgan fingerprint density at radius 3 is 2.11 bits per heavy atom. The van der Waals surface area contributed by atoms with Gasteiger partial charge in [-0.1, -0.05) is 94.0 Å². The minimum Gasteiger partial charge on any atom is -0.480 e. The summed E-state index contributed by atoms with van der Waals surface area (Å²) in [6.45, 7) is 2.52. The maximum Gasteiger partial charge on any atom is 0.326 e. The predicted octanol–water partition coefficient (Wildman–Crippen LogP) is 5.69. The normalized spacial score (nSPS) is 11.5. The maximum atomic E-state index is 13.1. The average molecular weight is 605 g/mol. The van der Waals surface area contributed by atoms with E-state index in [0.29, 0.717) is 23.6 Å². The molecule has 0 fully saturated rings. The summed E-state index contributed by atoms with van der Waals surface area (Å²) in [5.74, 6) is -1.54. The van der Waals surface area contributed by atoms with Gasteiger partial charge in [0, 0.05) is 44.1 Å². The van der Waals surface area contributed by atoms with Crippen LogP contribution in [0.1, 0.15) is 81.6 Å². The lowest BCUT2D eigenvalue weighted by Gasteiger charge is -2.19. The number of amides is 3. The highest BCUT2D eigenvalue weighted by Crippen LogP contribution is 2.29. The highest BCUT2D eigenvalue weighted by Gasteiger charge is 2.24. The Kier molecular flexibility index (Phi) is 14.1. The van der Waals surface area contributed by atoms with E-state index in [2.05, 4.69) is 22.5 Å². The first-order valence-corrected chi connectivity index (χ1v) is 15.5. The number of hydrogen-bond acceptors (Lipinski definition) is 6. The molecule has 1 aromatic heterocycles. The van der Waals surface area contributed by atoms with Crippen molar-refractivity contribution in [2.75, 3.05) is 20.1 Å². The van der Waals surface area contributed by atoms with Crippen LogP contribution in [0.5, 0.6) is 0 Å². The number of oxazole rings is 1. The fraction of sp³-hybridized carbons (Fsp3) is 0.441. The third-order valence-corrected chi connectivity index (χ3v) is 7.35. The molecule has 0 saturated carbocycles. The molecule has 1 atom stereocenters. The van der Waals surface area contributed by atoms with E-state index in [9.17, 15) is 24.3 Å². The van der Waals surface area contributed by atoms with Gasteiger partial charge in [0.05, 0.1) is 0 Å². The van der Waals surface area contributed by atoms with E-state index >= 15 is 0 Å². The van der Waals surface area contributed by atoms with Gasteiger partial charge in [0.2, 0.25) is 17.7 Å². The summed E-state index contributed by atoms with van der Waals surface area (Å²) in [7, 11) is 1.59. The molecule has 3 rings (SSSR count). The standard InChI is InChI=1S/C34H44N4O6/c1-3-4-5-6-7-8-15-20-28(39)36-27(34(42)43)21-22-29(40)38(2)24-23-35-32(41)30-31(25-16-11-9-12-17-25)44-33(37-30)26-18-13-10-14-19-26/h9-14,16-19,27H,3-8,15,20-24H2,1-2H3,(H,35,41)(H,36,39)(H,42,43). The molecule has 3 amide bonds. The largest absolute Gasteiger partial charge is 0.480 e. The van der Waals surface area contributed by atoms with Crippen molar-refractivity contribution in [2.24, 2.45) is 0 Å². The minimum atomic E-state index is -1.17. The Labute approximate surface area is 259 Å². The van der Waals surface area contributed by atoms with E-state index in [4.69, 9.17) is 4.42 Å². The topological polar surface area (TPSA) is 142 Å². The van der Waals surface area contributed by atoms with E-state index in [-0.39, 0.29) is 49.9 Å². The first-order chi connectivity index (χ1) is 21.3. The monoisotopic (exact) mass is 604 g/mol. The Morgan fingerprint density at radius 2 is 1.48 bits per heavy atom. The Bertz CT molecular complexity index is 1340. The van der Waals surface area contributed by atoms with Gasteiger partial charge in [-0.2, -0.15) is 0 Å². The van der Waals surface area contributed by atoms with Gasteiger partial charge in [-0.05, 0) is 25.0 Å². The number of unbranched alkanes of at least 4 members (excludes halogenated alkanes) is 6. The van der Waals surface area contributed by atoms with Gasteiger partial charge < -0.3 is 25.1 Å². The molecule has 2 aromatic carbocycles. The summed E-state index contributed by atoms with van der Waals surface area (Å²) in [6.07, 6.45) is 7.67. The van der Waals surface area contributed by atoms with Crippen LogP contribution in [0.2, 0.25) is 0 Å². The van der Waals surface area contributed by atoms with Crippen LogP contribution >= 0.6 is 0 Å². The first kappa shape index (κ1) is 34.0. The van der Waals surface area contributed by atoms with Crippen LogP contribution < -0.4 is 10.6 Å². The summed E-state index contributed by atoms with van der Waals surface area (Å²) in [4.78, 5) is 55.7. The summed E-state index contributed by atoms with van der Waals surface area (Å²) in [6, 6.07) is 17.4. The molecule has 0 aliphatic carbocycles. The fourth-order valence-corrected chi connectivity index (χ4v) is 4.73. The zero-order chi connectivity index (χ0) is 31.7. The van der Waals surface area contributed by atoms with Crippen LogP contribution in [-0.2, 0) is 14.4 Å². The molecule has 44 heavy (non-hydrogen) atoms. The van der Waals surface area contributed by atoms with E-state index in [1.54, 1.807) is 7.05 Å². The maximum absolute atomic E-state index is 13.1. The molecular formula is C34H44N4O6. The van der Waals surface area contributed by atoms with Gasteiger partial charge in [-0.15, -0.1) is 0 Å². The third kappa shape index (κ3) is 11.0. The number of benzene rings is 2. The molecule has 0 radical (unpaired) electrons. The van der Waals surface area contributed by atoms with Crippen LogP contribution in [0.15, 0.2) is 65.1 Å². The third-order valence-electron chi connectivity index (χ3n) is 7.35. The molecule has 1 unspecified atom stereocenters. The van der Waals surface area contributed by atoms with Gasteiger partial charge in [-0.25, -0.2) is 9.78 Å². The molecule has 10 heteroatoms. The number of carbonyl (C=O) groups excluding carboxylic acids is 3. The number of hydrogen-bond donors (Lipinski definition) is 3. The number of aromatic nitrogens is 1. The highest BCUT2D eigenvalue weighted by atomic mass is 16.4. The van der Waals surface area contributed by atoms with Crippen LogP contribution in [0.3, 0.4) is 0 Å². The van der Waals surface area contributed by atoms with Crippen molar-refractivity contribution in [1.29, 1.82) is 0 Å². The molecule has 236 valence electrons. The van der Waals surface area contributed by atoms with Gasteiger partial charge in [0.25, 0.3) is 5.91 Å². The van der Waals surface area contributed by atoms with E-state index in [1.807, 2.05) is 60.7 Å². The van der Waals surface area contributed by atoms with Crippen molar-refractivity contribution in [3.8, 4) is 22.8 Å². The number of nitrogens with one attached hydrogen (secondary N) is 2. The van der Waals surface area contributed by atoms with Crippen molar-refractivity contribution in [2.45, 2.75) is 77.2 Å². The highest BCUT2D eigenvalue weighted by molar-refractivity contribution is 5.98. The summed E-state index contributed by atoms with van der Waals surface area (Å²) in [5, 5.41) is 14.9. The second-order valence-corrected chi connectivity index (χ2v) is 10.9. The molecule has 0 saturated heterocycles. The molecule has 1 heterocycles. The second-order valence-electron chi connectivity index (χ2n) is 10.9. The molecule has 0 aliphatic rings. The quantitative estimate of drug-likeness (QED) is 0.149. The van der Waals surface area contributed by atoms with Crippen LogP contribution in [0, 0.1) is 0 Å². The summed E-state index contributed by atoms with van der Waals surface area (Å²) >= 11 is 0. The summed E-state index contributed by atoms with van der Waals surface area (Å²) < 4.78 is 6.01. The van der Waals surface area contributed by atoms with Crippen molar-refractivity contribution in [1.82, 2.24) is 20.5 Å². The van der Waals surface area contributed by atoms with E-state index in [0.717, 1.165) is 24.8 Å². The van der Waals surface area contributed by atoms with Gasteiger partial charge in [-0.3, -0.25) is 14.4 Å². The molecule has 10 nitrogen and oxygen atoms in total. The zero-order valence-electron chi connectivity index (χ0n) is 25.7. The fourth-order valence-electron chi connectivity index (χ4n) is 4.73. The lowest BCUT2D eigenvalue weighted by molar-refractivity contribution is -0.142. The minimum absolute atomic E-state index is 0.0186. The van der Waals surface area contributed by atoms with Crippen LogP contribution in [0.4, 0.5) is 0 Å². The molecule has 3 aromatic rings. The van der Waals surface area contributed by atoms with Gasteiger partial charge in [0.1, 0.15) is 6.04 Å². The molecule has 0 aliphatic heterocycles. The number of rotatable bonds is 19. The second kappa shape index (κ2) is 18.3. The molecular weight excluding hydrogens is 560 g/mol. The number of carbonyl (C=O) groups is 4. The lowest BCUT2D eigenvalue weighted by Crippen LogP contribution is -2.42. The summed E-state index contributed by atoms with van der Waals surface area (Å²) in [5.41, 5.74) is 1.59. The Balaban J connectivity index is 1.46. The first-order valence-electron chi connectivity index (χ1n) is 15.5. The average Bonchev–Trinajstić information content (AvgIpc) is 3.49. The Morgan fingerprint density at radius 1 is 0.864 bits per heavy atom. The van der Waals surface area contributed by atoms with Crippen molar-refractivity contribution in [3.05, 3.63) is 66.4 Å². The number of aliphatic carboxylic acids is 1. The number of carboxylic acids is 1. The predicted molar refractivity (Wildman–Crippen MR) is 169 cm³/mol. The van der Waals surface area contributed by atoms with E-state index in [1.165, 1.54) is 24.2 Å². The van der Waals surface area contributed by atoms with Gasteiger partial charge >= 0.3 is 5.97 Å². The number of nitrogens with zero attached hydrogens (tertiary/aromatic N) is 2. The smallest absolute Gasteiger partial charge is 0.326 e. The van der Waals surface area contributed by atoms with Crippen molar-refractivity contribution in [3.63, 3.8) is 0 Å². The van der Waals surface area contributed by atoms with Gasteiger partial charge in [0.15, 0.2) is 11.5 Å². The van der Waals surface area contributed by atoms with Crippen molar-refractivity contribution < 1.29 is 28.7 Å².